The fourth-order valence-electron chi connectivity index (χ4n) is 2.23. The third kappa shape index (κ3) is 2.45. The number of nitrogens with two attached hydrogens (primary N) is 1. The van der Waals surface area contributed by atoms with Gasteiger partial charge in [0.2, 0.25) is 0 Å². The lowest BCUT2D eigenvalue weighted by Gasteiger charge is -2.14. The number of nitrogens with one attached hydrogen (secondary N) is 1. The van der Waals surface area contributed by atoms with Crippen molar-refractivity contribution in [3.05, 3.63) is 58.4 Å². The van der Waals surface area contributed by atoms with Crippen molar-refractivity contribution in [1.29, 1.82) is 0 Å². The van der Waals surface area contributed by atoms with Gasteiger partial charge in [0.05, 0.1) is 5.52 Å². The van der Waals surface area contributed by atoms with E-state index in [4.69, 9.17) is 5.73 Å². The van der Waals surface area contributed by atoms with Crippen LogP contribution in [-0.2, 0) is 0 Å². The summed E-state index contributed by atoms with van der Waals surface area (Å²) >= 11 is 3.47. The molecule has 0 spiro atoms. The van der Waals surface area contributed by atoms with Crippen LogP contribution in [0.15, 0.2) is 47.1 Å². The normalized spacial score (nSPS) is 10.8. The van der Waals surface area contributed by atoms with Gasteiger partial charge in [0.15, 0.2) is 5.82 Å². The Morgan fingerprint density at radius 2 is 2.05 bits per heavy atom. The average molecular weight is 346 g/mol. The Kier molecular flexibility index (Phi) is 3.51. The highest BCUT2D eigenvalue weighted by molar-refractivity contribution is 9.10. The molecule has 0 aliphatic heterocycles. The van der Waals surface area contributed by atoms with E-state index in [1.165, 1.54) is 6.07 Å². The SMILES string of the molecule is Cc1c(Br)cccc1Nc1c(F)cc(N)c2cccnc12. The van der Waals surface area contributed by atoms with Crippen molar-refractivity contribution < 1.29 is 4.39 Å². The Balaban J connectivity index is 2.19. The maximum Gasteiger partial charge on any atom is 0.150 e. The molecule has 1 aromatic heterocycles. The predicted molar refractivity (Wildman–Crippen MR) is 88.3 cm³/mol. The first-order chi connectivity index (χ1) is 10.1. The van der Waals surface area contributed by atoms with Crippen molar-refractivity contribution in [1.82, 2.24) is 4.98 Å². The number of aromatic nitrogens is 1. The minimum atomic E-state index is -0.418. The molecule has 5 heteroatoms. The molecule has 0 radical (unpaired) electrons. The van der Waals surface area contributed by atoms with Gasteiger partial charge in [0.25, 0.3) is 0 Å². The highest BCUT2D eigenvalue weighted by Gasteiger charge is 2.13. The lowest BCUT2D eigenvalue weighted by atomic mass is 10.1. The van der Waals surface area contributed by atoms with E-state index in [2.05, 4.69) is 26.2 Å². The van der Waals surface area contributed by atoms with Crippen molar-refractivity contribution in [2.24, 2.45) is 0 Å². The van der Waals surface area contributed by atoms with E-state index in [1.807, 2.05) is 31.2 Å². The Morgan fingerprint density at radius 1 is 1.24 bits per heavy atom. The first-order valence-corrected chi connectivity index (χ1v) is 7.22. The molecular formula is C16H13BrFN3. The molecule has 21 heavy (non-hydrogen) atoms. The Labute approximate surface area is 130 Å². The molecule has 3 N–H and O–H groups in total. The maximum atomic E-state index is 14.3. The Morgan fingerprint density at radius 3 is 2.86 bits per heavy atom. The summed E-state index contributed by atoms with van der Waals surface area (Å²) in [7, 11) is 0. The molecular weight excluding hydrogens is 333 g/mol. The molecule has 0 atom stereocenters. The minimum absolute atomic E-state index is 0.334. The smallest absolute Gasteiger partial charge is 0.150 e. The number of pyridine rings is 1. The molecule has 0 aliphatic rings. The Hall–Kier alpha value is -2.14. The summed E-state index contributed by atoms with van der Waals surface area (Å²) in [6, 6.07) is 10.7. The molecule has 0 bridgehead atoms. The van der Waals surface area contributed by atoms with E-state index in [0.717, 1.165) is 21.1 Å². The molecule has 0 saturated heterocycles. The molecule has 3 aromatic rings. The zero-order chi connectivity index (χ0) is 15.0. The van der Waals surface area contributed by atoms with Gasteiger partial charge in [0.1, 0.15) is 5.69 Å². The van der Waals surface area contributed by atoms with E-state index >= 15 is 0 Å². The van der Waals surface area contributed by atoms with Gasteiger partial charge in [-0.2, -0.15) is 0 Å². The first kappa shape index (κ1) is 13.8. The van der Waals surface area contributed by atoms with Crippen LogP contribution in [0.5, 0.6) is 0 Å². The number of nitrogen functional groups attached to an aromatic ring is 1. The number of hydrogen-bond acceptors (Lipinski definition) is 3. The van der Waals surface area contributed by atoms with E-state index in [1.54, 1.807) is 12.3 Å². The second kappa shape index (κ2) is 5.33. The van der Waals surface area contributed by atoms with Gasteiger partial charge in [-0.25, -0.2) is 4.39 Å². The van der Waals surface area contributed by atoms with Crippen LogP contribution in [0.4, 0.5) is 21.5 Å². The minimum Gasteiger partial charge on any atom is -0.398 e. The summed E-state index contributed by atoms with van der Waals surface area (Å²) in [4.78, 5) is 4.26. The van der Waals surface area contributed by atoms with Crippen molar-refractivity contribution in [3.63, 3.8) is 0 Å². The molecule has 0 aliphatic carbocycles. The summed E-state index contributed by atoms with van der Waals surface area (Å²) in [5, 5.41) is 3.86. The summed E-state index contributed by atoms with van der Waals surface area (Å²) < 4.78 is 15.3. The van der Waals surface area contributed by atoms with E-state index < -0.39 is 5.82 Å². The molecule has 0 unspecified atom stereocenters. The average Bonchev–Trinajstić information content (AvgIpc) is 2.47. The zero-order valence-electron chi connectivity index (χ0n) is 11.3. The van der Waals surface area contributed by atoms with Gasteiger partial charge < -0.3 is 11.1 Å². The lowest BCUT2D eigenvalue weighted by Crippen LogP contribution is -2.00. The zero-order valence-corrected chi connectivity index (χ0v) is 12.9. The van der Waals surface area contributed by atoms with E-state index in [9.17, 15) is 4.39 Å². The van der Waals surface area contributed by atoms with Crippen LogP contribution in [0.25, 0.3) is 10.9 Å². The van der Waals surface area contributed by atoms with E-state index in [-0.39, 0.29) is 0 Å². The van der Waals surface area contributed by atoms with Gasteiger partial charge in [-0.1, -0.05) is 22.0 Å². The first-order valence-electron chi connectivity index (χ1n) is 6.43. The third-order valence-electron chi connectivity index (χ3n) is 3.40. The maximum absolute atomic E-state index is 14.3. The van der Waals surface area contributed by atoms with Gasteiger partial charge in [0, 0.05) is 27.4 Å². The van der Waals surface area contributed by atoms with Crippen LogP contribution >= 0.6 is 15.9 Å². The molecule has 0 fully saturated rings. The topological polar surface area (TPSA) is 50.9 Å². The number of benzene rings is 2. The lowest BCUT2D eigenvalue weighted by molar-refractivity contribution is 0.634. The number of hydrogen-bond donors (Lipinski definition) is 2. The molecule has 2 aromatic carbocycles. The van der Waals surface area contributed by atoms with Crippen LogP contribution < -0.4 is 11.1 Å². The van der Waals surface area contributed by atoms with Crippen molar-refractivity contribution in [2.45, 2.75) is 6.92 Å². The fraction of sp³-hybridized carbons (Fsp3) is 0.0625. The molecule has 3 nitrogen and oxygen atoms in total. The monoisotopic (exact) mass is 345 g/mol. The summed E-state index contributed by atoms with van der Waals surface area (Å²) in [5.74, 6) is -0.418. The summed E-state index contributed by atoms with van der Waals surface area (Å²) in [6.07, 6.45) is 1.63. The van der Waals surface area contributed by atoms with Gasteiger partial charge in [-0.05, 0) is 42.8 Å². The second-order valence-electron chi connectivity index (χ2n) is 4.76. The fourth-order valence-corrected chi connectivity index (χ4v) is 2.60. The highest BCUT2D eigenvalue weighted by atomic mass is 79.9. The Bertz CT molecular complexity index is 833. The van der Waals surface area contributed by atoms with Gasteiger partial charge in [-0.3, -0.25) is 4.98 Å². The molecule has 0 amide bonds. The van der Waals surface area contributed by atoms with Gasteiger partial charge in [-0.15, -0.1) is 0 Å². The van der Waals surface area contributed by atoms with Crippen LogP contribution in [-0.4, -0.2) is 4.98 Å². The highest BCUT2D eigenvalue weighted by Crippen LogP contribution is 2.33. The third-order valence-corrected chi connectivity index (χ3v) is 4.26. The second-order valence-corrected chi connectivity index (χ2v) is 5.61. The predicted octanol–water partition coefficient (Wildman–Crippen LogP) is 4.77. The van der Waals surface area contributed by atoms with Crippen molar-refractivity contribution in [3.8, 4) is 0 Å². The van der Waals surface area contributed by atoms with Crippen LogP contribution in [0, 0.1) is 12.7 Å². The van der Waals surface area contributed by atoms with Crippen LogP contribution in [0.2, 0.25) is 0 Å². The molecule has 106 valence electrons. The number of nitrogens with zero attached hydrogens (tertiary/aromatic N) is 1. The number of anilines is 3. The molecule has 1 heterocycles. The van der Waals surface area contributed by atoms with Crippen molar-refractivity contribution in [2.75, 3.05) is 11.1 Å². The number of rotatable bonds is 2. The number of halogens is 2. The summed E-state index contributed by atoms with van der Waals surface area (Å²) in [6.45, 7) is 1.96. The van der Waals surface area contributed by atoms with Crippen molar-refractivity contribution >= 4 is 43.9 Å². The van der Waals surface area contributed by atoms with Gasteiger partial charge >= 0.3 is 0 Å². The van der Waals surface area contributed by atoms with E-state index in [0.29, 0.717) is 16.9 Å². The van der Waals surface area contributed by atoms with Crippen LogP contribution in [0.1, 0.15) is 5.56 Å². The number of fused-ring (bicyclic) bond motifs is 1. The van der Waals surface area contributed by atoms with Crippen LogP contribution in [0.3, 0.4) is 0 Å². The standard InChI is InChI=1S/C16H13BrFN3/c1-9-11(17)5-2-6-14(9)21-16-12(18)8-13(19)10-4-3-7-20-15(10)16/h2-8,21H,19H2,1H3. The quantitative estimate of drug-likeness (QED) is 0.657. The molecule has 0 saturated carbocycles. The summed E-state index contributed by atoms with van der Waals surface area (Å²) in [5.41, 5.74) is 8.91. The molecule has 3 rings (SSSR count). The largest absolute Gasteiger partial charge is 0.398 e.